The number of carbonyl (C=O) groups is 3. The van der Waals surface area contributed by atoms with E-state index >= 15 is 0 Å². The van der Waals surface area contributed by atoms with E-state index in [1.54, 1.807) is 10.4 Å². The number of benzene rings is 1. The Balaban J connectivity index is 1.64. The third-order valence-corrected chi connectivity index (χ3v) is 5.36. The average Bonchev–Trinajstić information content (AvgIpc) is 2.73. The molecule has 1 aromatic carbocycles. The molecule has 0 unspecified atom stereocenters. The van der Waals surface area contributed by atoms with Crippen LogP contribution in [0.2, 0.25) is 0 Å². The number of likely N-dealkylation sites (tertiary alicyclic amines) is 1. The first-order chi connectivity index (χ1) is 13.0. The van der Waals surface area contributed by atoms with Gasteiger partial charge in [0, 0.05) is 45.0 Å². The quantitative estimate of drug-likeness (QED) is 0.522. The average molecular weight is 376 g/mol. The van der Waals surface area contributed by atoms with Crippen LogP contribution >= 0.6 is 0 Å². The molecule has 0 saturated carbocycles. The van der Waals surface area contributed by atoms with Crippen molar-refractivity contribution >= 4 is 23.6 Å². The van der Waals surface area contributed by atoms with Gasteiger partial charge in [-0.3, -0.25) is 14.8 Å². The van der Waals surface area contributed by atoms with Crippen molar-refractivity contribution in [3.05, 3.63) is 30.3 Å². The third kappa shape index (κ3) is 4.13. The number of anilines is 1. The molecule has 2 atom stereocenters. The molecule has 0 radical (unpaired) electrons. The van der Waals surface area contributed by atoms with Crippen LogP contribution in [-0.4, -0.2) is 77.3 Å². The fourth-order valence-electron chi connectivity index (χ4n) is 3.83. The van der Waals surface area contributed by atoms with Crippen molar-refractivity contribution in [2.45, 2.75) is 6.42 Å². The molecular formula is C18H24N4O5. The van der Waals surface area contributed by atoms with Crippen molar-refractivity contribution < 1.29 is 24.7 Å². The summed E-state index contributed by atoms with van der Waals surface area (Å²) in [6, 6.07) is 9.96. The van der Waals surface area contributed by atoms with Crippen molar-refractivity contribution in [3.63, 3.8) is 0 Å². The number of nitrogens with one attached hydrogen (secondary N) is 1. The highest BCUT2D eigenvalue weighted by Crippen LogP contribution is 2.27. The lowest BCUT2D eigenvalue weighted by atomic mass is 9.83. The molecule has 2 heterocycles. The van der Waals surface area contributed by atoms with E-state index < -0.39 is 23.8 Å². The minimum Gasteiger partial charge on any atom is -0.465 e. The molecule has 27 heavy (non-hydrogen) atoms. The molecular weight excluding hydrogens is 352 g/mol. The number of hydrogen-bond acceptors (Lipinski definition) is 5. The van der Waals surface area contributed by atoms with Crippen molar-refractivity contribution in [2.75, 3.05) is 44.2 Å². The van der Waals surface area contributed by atoms with Gasteiger partial charge in [-0.1, -0.05) is 18.2 Å². The predicted octanol–water partition coefficient (Wildman–Crippen LogP) is 0.457. The summed E-state index contributed by atoms with van der Waals surface area (Å²) in [6.45, 7) is 2.58. The molecule has 1 aromatic rings. The summed E-state index contributed by atoms with van der Waals surface area (Å²) in [6.07, 6.45) is -0.865. The summed E-state index contributed by atoms with van der Waals surface area (Å²) >= 11 is 0. The van der Waals surface area contributed by atoms with Crippen LogP contribution in [0.25, 0.3) is 0 Å². The Bertz CT molecular complexity index is 690. The SMILES string of the molecule is O=C(NO)[C@H]1CN(C(=O)O)CC[C@@H]1C(=O)N1CCN(c2ccccc2)CC1. The monoisotopic (exact) mass is 376 g/mol. The minimum atomic E-state index is -1.13. The van der Waals surface area contributed by atoms with Gasteiger partial charge in [0.2, 0.25) is 11.8 Å². The van der Waals surface area contributed by atoms with Crippen molar-refractivity contribution in [1.29, 1.82) is 0 Å². The van der Waals surface area contributed by atoms with Crippen LogP contribution in [0.5, 0.6) is 0 Å². The molecule has 3 amide bonds. The number of piperazine rings is 1. The number of rotatable bonds is 3. The smallest absolute Gasteiger partial charge is 0.407 e. The maximum atomic E-state index is 13.0. The number of amides is 3. The summed E-state index contributed by atoms with van der Waals surface area (Å²) in [5, 5.41) is 18.1. The van der Waals surface area contributed by atoms with Crippen molar-refractivity contribution in [2.24, 2.45) is 11.8 Å². The first-order valence-electron chi connectivity index (χ1n) is 9.02. The summed E-state index contributed by atoms with van der Waals surface area (Å²) in [5.41, 5.74) is 2.68. The number of carboxylic acid groups (broad SMARTS) is 1. The second-order valence-corrected chi connectivity index (χ2v) is 6.85. The number of hydrogen-bond donors (Lipinski definition) is 3. The summed E-state index contributed by atoms with van der Waals surface area (Å²) < 4.78 is 0. The maximum Gasteiger partial charge on any atom is 0.407 e. The second-order valence-electron chi connectivity index (χ2n) is 6.85. The van der Waals surface area contributed by atoms with Gasteiger partial charge in [-0.25, -0.2) is 10.3 Å². The van der Waals surface area contributed by atoms with Crippen LogP contribution in [0.15, 0.2) is 30.3 Å². The van der Waals surface area contributed by atoms with E-state index in [-0.39, 0.29) is 25.4 Å². The zero-order valence-electron chi connectivity index (χ0n) is 15.0. The van der Waals surface area contributed by atoms with E-state index in [1.165, 1.54) is 0 Å². The molecule has 0 spiro atoms. The molecule has 2 aliphatic heterocycles. The molecule has 146 valence electrons. The Morgan fingerprint density at radius 3 is 2.19 bits per heavy atom. The molecule has 2 saturated heterocycles. The van der Waals surface area contributed by atoms with Crippen molar-refractivity contribution in [3.8, 4) is 0 Å². The zero-order chi connectivity index (χ0) is 19.4. The highest BCUT2D eigenvalue weighted by molar-refractivity contribution is 5.88. The van der Waals surface area contributed by atoms with Gasteiger partial charge < -0.3 is 19.8 Å². The Morgan fingerprint density at radius 1 is 0.926 bits per heavy atom. The van der Waals surface area contributed by atoms with Gasteiger partial charge in [-0.05, 0) is 18.6 Å². The number of piperidine rings is 1. The van der Waals surface area contributed by atoms with Gasteiger partial charge in [-0.15, -0.1) is 0 Å². The Labute approximate surface area is 157 Å². The van der Waals surface area contributed by atoms with Gasteiger partial charge in [0.05, 0.1) is 11.8 Å². The van der Waals surface area contributed by atoms with Gasteiger partial charge in [0.25, 0.3) is 0 Å². The van der Waals surface area contributed by atoms with Crippen LogP contribution in [0.3, 0.4) is 0 Å². The Hall–Kier alpha value is -2.81. The highest BCUT2D eigenvalue weighted by atomic mass is 16.5. The fourth-order valence-corrected chi connectivity index (χ4v) is 3.83. The summed E-state index contributed by atoms with van der Waals surface area (Å²) in [7, 11) is 0. The molecule has 9 heteroatoms. The second kappa shape index (κ2) is 8.26. The maximum absolute atomic E-state index is 13.0. The molecule has 0 aromatic heterocycles. The van der Waals surface area contributed by atoms with Gasteiger partial charge >= 0.3 is 6.09 Å². The molecule has 9 nitrogen and oxygen atoms in total. The van der Waals surface area contributed by atoms with Crippen LogP contribution in [0, 0.1) is 11.8 Å². The van der Waals surface area contributed by atoms with Crippen molar-refractivity contribution in [1.82, 2.24) is 15.3 Å². The van der Waals surface area contributed by atoms with Gasteiger partial charge in [0.15, 0.2) is 0 Å². The van der Waals surface area contributed by atoms with Crippen LogP contribution in [0.4, 0.5) is 10.5 Å². The lowest BCUT2D eigenvalue weighted by Gasteiger charge is -2.41. The Kier molecular flexibility index (Phi) is 5.80. The fraction of sp³-hybridized carbons (Fsp3) is 0.500. The number of carbonyl (C=O) groups excluding carboxylic acids is 2. The number of nitrogens with zero attached hydrogens (tertiary/aromatic N) is 3. The molecule has 2 aliphatic rings. The largest absolute Gasteiger partial charge is 0.465 e. The lowest BCUT2D eigenvalue weighted by Crippen LogP contribution is -2.56. The van der Waals surface area contributed by atoms with Gasteiger partial charge in [-0.2, -0.15) is 0 Å². The molecule has 3 rings (SSSR count). The first kappa shape index (κ1) is 19.0. The van der Waals surface area contributed by atoms with Gasteiger partial charge in [0.1, 0.15) is 0 Å². The standard InChI is InChI=1S/C18H24N4O5/c23-16(19-27)15-12-22(18(25)26)7-6-14(15)17(24)21-10-8-20(9-11-21)13-4-2-1-3-5-13/h1-5,14-15,27H,6-12H2,(H,19,23)(H,25,26)/t14-,15-/m0/s1. The van der Waals surface area contributed by atoms with E-state index in [4.69, 9.17) is 10.3 Å². The molecule has 3 N–H and O–H groups in total. The molecule has 0 bridgehead atoms. The van der Waals surface area contributed by atoms with E-state index in [0.717, 1.165) is 10.6 Å². The van der Waals surface area contributed by atoms with E-state index in [9.17, 15) is 14.4 Å². The number of para-hydroxylation sites is 1. The Morgan fingerprint density at radius 2 is 1.59 bits per heavy atom. The van der Waals surface area contributed by atoms with Crippen LogP contribution < -0.4 is 10.4 Å². The topological polar surface area (TPSA) is 113 Å². The normalized spacial score (nSPS) is 23.1. The summed E-state index contributed by atoms with van der Waals surface area (Å²) in [4.78, 5) is 41.2. The molecule has 2 fully saturated rings. The van der Waals surface area contributed by atoms with Crippen LogP contribution in [0.1, 0.15) is 6.42 Å². The van der Waals surface area contributed by atoms with E-state index in [0.29, 0.717) is 26.2 Å². The zero-order valence-corrected chi connectivity index (χ0v) is 15.0. The predicted molar refractivity (Wildman–Crippen MR) is 96.4 cm³/mol. The molecule has 0 aliphatic carbocycles. The number of hydroxylamine groups is 1. The lowest BCUT2D eigenvalue weighted by molar-refractivity contribution is -0.148. The minimum absolute atomic E-state index is 0.0951. The highest BCUT2D eigenvalue weighted by Gasteiger charge is 2.42. The van der Waals surface area contributed by atoms with E-state index in [2.05, 4.69) is 4.90 Å². The third-order valence-electron chi connectivity index (χ3n) is 5.36. The van der Waals surface area contributed by atoms with E-state index in [1.807, 2.05) is 30.3 Å². The first-order valence-corrected chi connectivity index (χ1v) is 9.02. The van der Waals surface area contributed by atoms with Crippen LogP contribution in [-0.2, 0) is 9.59 Å². The summed E-state index contributed by atoms with van der Waals surface area (Å²) in [5.74, 6) is -2.39.